The molecule has 0 bridgehead atoms. The fourth-order valence-electron chi connectivity index (χ4n) is 2.99. The molecule has 2 aromatic carbocycles. The fraction of sp³-hybridized carbons (Fsp3) is 0.318. The van der Waals surface area contributed by atoms with Crippen molar-refractivity contribution in [2.75, 3.05) is 35.0 Å². The van der Waals surface area contributed by atoms with Crippen LogP contribution in [0.4, 0.5) is 0 Å². The highest BCUT2D eigenvalue weighted by atomic mass is 32.1. The van der Waals surface area contributed by atoms with Crippen molar-refractivity contribution in [2.45, 2.75) is 13.0 Å². The monoisotopic (exact) mass is 414 g/mol. The van der Waals surface area contributed by atoms with Crippen molar-refractivity contribution in [3.05, 3.63) is 53.2 Å². The summed E-state index contributed by atoms with van der Waals surface area (Å²) in [5, 5.41) is 4.48. The topological polar surface area (TPSA) is 61.8 Å². The van der Waals surface area contributed by atoms with Gasteiger partial charge in [0.25, 0.3) is 0 Å². The molecule has 0 radical (unpaired) electrons. The summed E-state index contributed by atoms with van der Waals surface area (Å²) in [6.07, 6.45) is 2.77. The van der Waals surface area contributed by atoms with E-state index in [-0.39, 0.29) is 0 Å². The molecule has 1 aromatic heterocycles. The zero-order chi connectivity index (χ0) is 20.6. The number of nitrogens with zero attached hydrogens (tertiary/aromatic N) is 1. The zero-order valence-corrected chi connectivity index (χ0v) is 18.0. The summed E-state index contributed by atoms with van der Waals surface area (Å²) in [7, 11) is 6.62. The van der Waals surface area contributed by atoms with E-state index in [9.17, 15) is 0 Å². The lowest BCUT2D eigenvalue weighted by Crippen LogP contribution is -2.16. The second-order valence-electron chi connectivity index (χ2n) is 6.30. The maximum atomic E-state index is 5.48. The maximum Gasteiger partial charge on any atom is 0.160 e. The largest absolute Gasteiger partial charge is 0.497 e. The van der Waals surface area contributed by atoms with Gasteiger partial charge in [-0.1, -0.05) is 6.07 Å². The van der Waals surface area contributed by atoms with E-state index in [1.165, 1.54) is 5.56 Å². The minimum Gasteiger partial charge on any atom is -0.497 e. The Morgan fingerprint density at radius 3 is 2.34 bits per heavy atom. The van der Waals surface area contributed by atoms with Crippen molar-refractivity contribution >= 4 is 11.3 Å². The lowest BCUT2D eigenvalue weighted by Gasteiger charge is -2.10. The van der Waals surface area contributed by atoms with Crippen molar-refractivity contribution in [2.24, 2.45) is 0 Å². The van der Waals surface area contributed by atoms with Crippen molar-refractivity contribution in [1.82, 2.24) is 10.3 Å². The number of hydrogen-bond donors (Lipinski definition) is 1. The predicted molar refractivity (Wildman–Crippen MR) is 116 cm³/mol. The highest BCUT2D eigenvalue weighted by Crippen LogP contribution is 2.36. The molecule has 0 aliphatic heterocycles. The number of methoxy groups -OCH3 is 4. The van der Waals surface area contributed by atoms with Crippen LogP contribution in [-0.2, 0) is 13.0 Å². The van der Waals surface area contributed by atoms with Gasteiger partial charge in [0.1, 0.15) is 16.5 Å². The van der Waals surface area contributed by atoms with Gasteiger partial charge in [0, 0.05) is 18.3 Å². The Morgan fingerprint density at radius 2 is 1.62 bits per heavy atom. The molecule has 0 spiro atoms. The average molecular weight is 415 g/mol. The normalized spacial score (nSPS) is 10.6. The van der Waals surface area contributed by atoms with E-state index in [1.807, 2.05) is 36.5 Å². The first-order valence-corrected chi connectivity index (χ1v) is 10.1. The molecule has 0 aliphatic carbocycles. The zero-order valence-electron chi connectivity index (χ0n) is 17.2. The van der Waals surface area contributed by atoms with Gasteiger partial charge in [-0.25, -0.2) is 4.98 Å². The van der Waals surface area contributed by atoms with Crippen molar-refractivity contribution in [1.29, 1.82) is 0 Å². The number of benzene rings is 2. The van der Waals surface area contributed by atoms with Gasteiger partial charge in [0.2, 0.25) is 0 Å². The van der Waals surface area contributed by atoms with E-state index >= 15 is 0 Å². The molecule has 6 nitrogen and oxygen atoms in total. The standard InChI is InChI=1S/C22H26N2O4S/c1-25-16-6-8-18(26-2)17(12-16)21-13-24-22(29-21)14-23-10-9-15-5-7-19(27-3)20(11-15)28-4/h5-8,11-13,23H,9-10,14H2,1-4H3. The Bertz CT molecular complexity index is 942. The molecule has 7 heteroatoms. The lowest BCUT2D eigenvalue weighted by atomic mass is 10.1. The van der Waals surface area contributed by atoms with Crippen LogP contribution >= 0.6 is 11.3 Å². The Kier molecular flexibility index (Phi) is 7.32. The van der Waals surface area contributed by atoms with Crippen LogP contribution in [0.2, 0.25) is 0 Å². The third-order valence-electron chi connectivity index (χ3n) is 4.54. The molecule has 0 saturated carbocycles. The molecule has 3 rings (SSSR count). The molecule has 0 unspecified atom stereocenters. The molecule has 1 N–H and O–H groups in total. The van der Waals surface area contributed by atoms with Crippen molar-refractivity contribution < 1.29 is 18.9 Å². The van der Waals surface area contributed by atoms with E-state index < -0.39 is 0 Å². The van der Waals surface area contributed by atoms with Crippen molar-refractivity contribution in [3.8, 4) is 33.4 Å². The maximum absolute atomic E-state index is 5.48. The molecular formula is C22H26N2O4S. The quantitative estimate of drug-likeness (QED) is 0.502. The highest BCUT2D eigenvalue weighted by Gasteiger charge is 2.11. The molecule has 0 fully saturated rings. The van der Waals surface area contributed by atoms with E-state index in [2.05, 4.69) is 16.4 Å². The van der Waals surface area contributed by atoms with E-state index in [4.69, 9.17) is 18.9 Å². The highest BCUT2D eigenvalue weighted by molar-refractivity contribution is 7.15. The number of ether oxygens (including phenoxy) is 4. The lowest BCUT2D eigenvalue weighted by molar-refractivity contribution is 0.354. The molecule has 154 valence electrons. The third-order valence-corrected chi connectivity index (χ3v) is 5.57. The minimum atomic E-state index is 0.713. The summed E-state index contributed by atoms with van der Waals surface area (Å²) < 4.78 is 21.5. The van der Waals surface area contributed by atoms with Crippen LogP contribution in [0.5, 0.6) is 23.0 Å². The number of aromatic nitrogens is 1. The van der Waals surface area contributed by atoms with Crippen LogP contribution in [-0.4, -0.2) is 40.0 Å². The Labute approximate surface area is 175 Å². The summed E-state index contributed by atoms with van der Waals surface area (Å²) in [6.45, 7) is 1.55. The summed E-state index contributed by atoms with van der Waals surface area (Å²) >= 11 is 1.65. The van der Waals surface area contributed by atoms with E-state index in [1.54, 1.807) is 39.8 Å². The van der Waals surface area contributed by atoms with Gasteiger partial charge >= 0.3 is 0 Å². The number of thiazole rings is 1. The van der Waals surface area contributed by atoms with Crippen LogP contribution < -0.4 is 24.3 Å². The minimum absolute atomic E-state index is 0.713. The van der Waals surface area contributed by atoms with Gasteiger partial charge in [-0.15, -0.1) is 11.3 Å². The molecular weight excluding hydrogens is 388 g/mol. The molecule has 1 heterocycles. The molecule has 0 aliphatic rings. The number of rotatable bonds is 10. The predicted octanol–water partition coefficient (Wildman–Crippen LogP) is 4.18. The fourth-order valence-corrected chi connectivity index (χ4v) is 3.90. The van der Waals surface area contributed by atoms with Crippen LogP contribution in [0.3, 0.4) is 0 Å². The van der Waals surface area contributed by atoms with Gasteiger partial charge in [0.15, 0.2) is 11.5 Å². The summed E-state index contributed by atoms with van der Waals surface area (Å²) in [4.78, 5) is 5.59. The first-order valence-electron chi connectivity index (χ1n) is 9.27. The summed E-state index contributed by atoms with van der Waals surface area (Å²) in [5.41, 5.74) is 2.18. The van der Waals surface area contributed by atoms with Gasteiger partial charge in [0.05, 0.1) is 33.3 Å². The van der Waals surface area contributed by atoms with E-state index in [0.717, 1.165) is 51.4 Å². The Morgan fingerprint density at radius 1 is 0.862 bits per heavy atom. The van der Waals surface area contributed by atoms with Crippen LogP contribution in [0.25, 0.3) is 10.4 Å². The molecule has 0 atom stereocenters. The van der Waals surface area contributed by atoms with Gasteiger partial charge < -0.3 is 24.3 Å². The SMILES string of the molecule is COc1ccc(OC)c(-c2cnc(CNCCc3ccc(OC)c(OC)c3)s2)c1. The summed E-state index contributed by atoms with van der Waals surface area (Å²) in [5.74, 6) is 3.10. The summed E-state index contributed by atoms with van der Waals surface area (Å²) in [6, 6.07) is 11.8. The smallest absolute Gasteiger partial charge is 0.160 e. The molecule has 3 aromatic rings. The van der Waals surface area contributed by atoms with Crippen LogP contribution in [0, 0.1) is 0 Å². The Balaban J connectivity index is 1.58. The molecule has 0 saturated heterocycles. The number of nitrogens with one attached hydrogen (secondary N) is 1. The van der Waals surface area contributed by atoms with E-state index in [0.29, 0.717) is 6.54 Å². The molecule has 0 amide bonds. The van der Waals surface area contributed by atoms with Gasteiger partial charge in [-0.2, -0.15) is 0 Å². The molecule has 29 heavy (non-hydrogen) atoms. The first kappa shape index (κ1) is 21.0. The van der Waals surface area contributed by atoms with Crippen LogP contribution in [0.1, 0.15) is 10.6 Å². The van der Waals surface area contributed by atoms with Gasteiger partial charge in [-0.05, 0) is 48.9 Å². The van der Waals surface area contributed by atoms with Crippen molar-refractivity contribution in [3.63, 3.8) is 0 Å². The first-order chi connectivity index (χ1) is 14.2. The second kappa shape index (κ2) is 10.1. The third kappa shape index (κ3) is 5.19. The van der Waals surface area contributed by atoms with Crippen LogP contribution in [0.15, 0.2) is 42.6 Å². The average Bonchev–Trinajstić information content (AvgIpc) is 3.24. The number of hydrogen-bond acceptors (Lipinski definition) is 7. The second-order valence-corrected chi connectivity index (χ2v) is 7.42. The Hall–Kier alpha value is -2.77. The van der Waals surface area contributed by atoms with Gasteiger partial charge in [-0.3, -0.25) is 0 Å².